The van der Waals surface area contributed by atoms with Crippen LogP contribution in [0.25, 0.3) is 0 Å². The van der Waals surface area contributed by atoms with Crippen molar-refractivity contribution in [2.75, 3.05) is 19.5 Å². The summed E-state index contributed by atoms with van der Waals surface area (Å²) in [6.07, 6.45) is 1.25. The standard InChI is InChI=1S/C17H18N4O5/c1-11-6-4-5-7-13(11)19-17(22)20-18-10-12-8-14(21(23)24)16(26-3)9-15(12)25-2/h4-10H,1-3H3,(H2,19,20,22). The number of nitro groups is 1. The lowest BCUT2D eigenvalue weighted by atomic mass is 10.1. The molecule has 0 unspecified atom stereocenters. The summed E-state index contributed by atoms with van der Waals surface area (Å²) in [5, 5.41) is 17.6. The number of benzene rings is 2. The van der Waals surface area contributed by atoms with Gasteiger partial charge in [0.15, 0.2) is 0 Å². The predicted molar refractivity (Wildman–Crippen MR) is 97.1 cm³/mol. The first-order valence-corrected chi connectivity index (χ1v) is 7.52. The van der Waals surface area contributed by atoms with E-state index in [1.165, 1.54) is 32.6 Å². The number of hydrogen-bond donors (Lipinski definition) is 2. The Labute approximate surface area is 149 Å². The van der Waals surface area contributed by atoms with Crippen molar-refractivity contribution >= 4 is 23.6 Å². The lowest BCUT2D eigenvalue weighted by Crippen LogP contribution is -2.24. The molecule has 2 amide bonds. The molecule has 136 valence electrons. The fraction of sp³-hybridized carbons (Fsp3) is 0.176. The van der Waals surface area contributed by atoms with Crippen molar-refractivity contribution in [3.8, 4) is 11.5 Å². The third-order valence-corrected chi connectivity index (χ3v) is 3.49. The molecule has 2 N–H and O–H groups in total. The SMILES string of the molecule is COc1cc(OC)c([N+](=O)[O-])cc1C=NNC(=O)Nc1ccccc1C. The number of amides is 2. The zero-order valence-electron chi connectivity index (χ0n) is 14.5. The summed E-state index contributed by atoms with van der Waals surface area (Å²) in [7, 11) is 2.74. The van der Waals surface area contributed by atoms with Gasteiger partial charge in [-0.2, -0.15) is 5.10 Å². The zero-order valence-corrected chi connectivity index (χ0v) is 14.5. The molecule has 2 rings (SSSR count). The van der Waals surface area contributed by atoms with Gasteiger partial charge in [-0.3, -0.25) is 10.1 Å². The molecule has 26 heavy (non-hydrogen) atoms. The van der Waals surface area contributed by atoms with Crippen LogP contribution in [0.3, 0.4) is 0 Å². The monoisotopic (exact) mass is 358 g/mol. The molecule has 0 heterocycles. The number of hydrazone groups is 1. The lowest BCUT2D eigenvalue weighted by molar-refractivity contribution is -0.385. The molecule has 2 aromatic carbocycles. The molecule has 9 heteroatoms. The number of methoxy groups -OCH3 is 2. The molecule has 0 saturated carbocycles. The van der Waals surface area contributed by atoms with Crippen LogP contribution in [0.5, 0.6) is 11.5 Å². The number of aryl methyl sites for hydroxylation is 1. The van der Waals surface area contributed by atoms with E-state index in [9.17, 15) is 14.9 Å². The number of rotatable bonds is 6. The summed E-state index contributed by atoms with van der Waals surface area (Å²) in [6, 6.07) is 9.37. The number of nitro benzene ring substituents is 1. The highest BCUT2D eigenvalue weighted by Gasteiger charge is 2.18. The maximum Gasteiger partial charge on any atom is 0.339 e. The number of hydrogen-bond acceptors (Lipinski definition) is 6. The van der Waals surface area contributed by atoms with Crippen molar-refractivity contribution < 1.29 is 19.2 Å². The van der Waals surface area contributed by atoms with Crippen molar-refractivity contribution in [2.24, 2.45) is 5.10 Å². The van der Waals surface area contributed by atoms with Gasteiger partial charge in [-0.1, -0.05) is 18.2 Å². The van der Waals surface area contributed by atoms with Crippen LogP contribution < -0.4 is 20.2 Å². The highest BCUT2D eigenvalue weighted by Crippen LogP contribution is 2.33. The van der Waals surface area contributed by atoms with E-state index in [0.717, 1.165) is 5.56 Å². The third-order valence-electron chi connectivity index (χ3n) is 3.49. The molecular formula is C17H18N4O5. The van der Waals surface area contributed by atoms with Crippen molar-refractivity contribution in [3.05, 3.63) is 57.6 Å². The zero-order chi connectivity index (χ0) is 19.1. The van der Waals surface area contributed by atoms with Crippen LogP contribution in [0, 0.1) is 17.0 Å². The van der Waals surface area contributed by atoms with Crippen LogP contribution in [-0.4, -0.2) is 31.4 Å². The fourth-order valence-corrected chi connectivity index (χ4v) is 2.17. The second kappa shape index (κ2) is 8.47. The molecule has 0 bridgehead atoms. The van der Waals surface area contributed by atoms with Gasteiger partial charge in [0.1, 0.15) is 5.75 Å². The summed E-state index contributed by atoms with van der Waals surface area (Å²) in [5.41, 5.74) is 3.93. The summed E-state index contributed by atoms with van der Waals surface area (Å²) in [4.78, 5) is 22.4. The summed E-state index contributed by atoms with van der Waals surface area (Å²) in [5.74, 6) is 0.381. The van der Waals surface area contributed by atoms with Gasteiger partial charge in [-0.15, -0.1) is 0 Å². The number of anilines is 1. The number of para-hydroxylation sites is 1. The summed E-state index contributed by atoms with van der Waals surface area (Å²) < 4.78 is 10.1. The van der Waals surface area contributed by atoms with Crippen LogP contribution >= 0.6 is 0 Å². The minimum atomic E-state index is -0.575. The number of ether oxygens (including phenoxy) is 2. The molecule has 9 nitrogen and oxygen atoms in total. The van der Waals surface area contributed by atoms with Gasteiger partial charge in [0, 0.05) is 23.4 Å². The Morgan fingerprint density at radius 2 is 1.88 bits per heavy atom. The molecule has 2 aromatic rings. The molecule has 0 spiro atoms. The Bertz CT molecular complexity index is 851. The molecule has 0 saturated heterocycles. The van der Waals surface area contributed by atoms with Gasteiger partial charge in [0.2, 0.25) is 5.75 Å². The summed E-state index contributed by atoms with van der Waals surface area (Å²) in [6.45, 7) is 1.86. The van der Waals surface area contributed by atoms with E-state index in [4.69, 9.17) is 9.47 Å². The first-order valence-electron chi connectivity index (χ1n) is 7.52. The average molecular weight is 358 g/mol. The lowest BCUT2D eigenvalue weighted by Gasteiger charge is -2.09. The Morgan fingerprint density at radius 1 is 1.19 bits per heavy atom. The first-order chi connectivity index (χ1) is 12.5. The third kappa shape index (κ3) is 4.47. The second-order valence-corrected chi connectivity index (χ2v) is 5.16. The molecule has 0 aromatic heterocycles. The first kappa shape index (κ1) is 18.7. The smallest absolute Gasteiger partial charge is 0.339 e. The van der Waals surface area contributed by atoms with Gasteiger partial charge in [-0.05, 0) is 18.6 Å². The van der Waals surface area contributed by atoms with Crippen LogP contribution in [-0.2, 0) is 0 Å². The van der Waals surface area contributed by atoms with Crippen LogP contribution in [0.2, 0.25) is 0 Å². The van der Waals surface area contributed by atoms with Gasteiger partial charge in [0.25, 0.3) is 0 Å². The topological polar surface area (TPSA) is 115 Å². The molecular weight excluding hydrogens is 340 g/mol. The van der Waals surface area contributed by atoms with Gasteiger partial charge in [-0.25, -0.2) is 10.2 Å². The molecule has 0 aliphatic carbocycles. The Kier molecular flexibility index (Phi) is 6.10. The van der Waals surface area contributed by atoms with Crippen molar-refractivity contribution in [3.63, 3.8) is 0 Å². The molecule has 0 atom stereocenters. The van der Waals surface area contributed by atoms with Crippen molar-refractivity contribution in [1.29, 1.82) is 0 Å². The Morgan fingerprint density at radius 3 is 2.50 bits per heavy atom. The number of urea groups is 1. The van der Waals surface area contributed by atoms with Crippen molar-refractivity contribution in [2.45, 2.75) is 6.92 Å². The van der Waals surface area contributed by atoms with Gasteiger partial charge in [0.05, 0.1) is 25.4 Å². The van der Waals surface area contributed by atoms with E-state index in [1.807, 2.05) is 19.1 Å². The molecule has 0 aliphatic heterocycles. The normalized spacial score (nSPS) is 10.4. The van der Waals surface area contributed by atoms with Gasteiger partial charge < -0.3 is 14.8 Å². The average Bonchev–Trinajstić information content (AvgIpc) is 2.63. The maximum atomic E-state index is 11.9. The largest absolute Gasteiger partial charge is 0.496 e. The highest BCUT2D eigenvalue weighted by molar-refractivity contribution is 5.92. The van der Waals surface area contributed by atoms with Gasteiger partial charge >= 0.3 is 11.7 Å². The predicted octanol–water partition coefficient (Wildman–Crippen LogP) is 3.08. The van der Waals surface area contributed by atoms with Crippen LogP contribution in [0.4, 0.5) is 16.2 Å². The minimum Gasteiger partial charge on any atom is -0.496 e. The Hall–Kier alpha value is -3.62. The molecule has 0 aliphatic rings. The number of carbonyl (C=O) groups excluding carboxylic acids is 1. The van der Waals surface area contributed by atoms with E-state index >= 15 is 0 Å². The number of nitrogens with zero attached hydrogens (tertiary/aromatic N) is 2. The number of nitrogens with one attached hydrogen (secondary N) is 2. The van der Waals surface area contributed by atoms with E-state index in [1.54, 1.807) is 12.1 Å². The fourth-order valence-electron chi connectivity index (χ4n) is 2.17. The van der Waals surface area contributed by atoms with E-state index < -0.39 is 11.0 Å². The molecule has 0 radical (unpaired) electrons. The highest BCUT2D eigenvalue weighted by atomic mass is 16.6. The number of carbonyl (C=O) groups is 1. The summed E-state index contributed by atoms with van der Waals surface area (Å²) >= 11 is 0. The van der Waals surface area contributed by atoms with E-state index in [0.29, 0.717) is 17.0 Å². The van der Waals surface area contributed by atoms with Crippen LogP contribution in [0.1, 0.15) is 11.1 Å². The minimum absolute atomic E-state index is 0.0641. The maximum absolute atomic E-state index is 11.9. The van der Waals surface area contributed by atoms with Crippen molar-refractivity contribution in [1.82, 2.24) is 5.43 Å². The quantitative estimate of drug-likeness (QED) is 0.468. The van der Waals surface area contributed by atoms with E-state index in [2.05, 4.69) is 15.8 Å². The van der Waals surface area contributed by atoms with E-state index in [-0.39, 0.29) is 11.4 Å². The Balaban J connectivity index is 2.14. The molecule has 0 fully saturated rings. The second-order valence-electron chi connectivity index (χ2n) is 5.16. The van der Waals surface area contributed by atoms with Crippen LogP contribution in [0.15, 0.2) is 41.5 Å².